The van der Waals surface area contributed by atoms with Crippen molar-refractivity contribution in [3.05, 3.63) is 65.2 Å². The molecule has 2 aromatic carbocycles. The minimum atomic E-state index is -4.42. The Bertz CT molecular complexity index is 896. The molecule has 3 atom stereocenters. The summed E-state index contributed by atoms with van der Waals surface area (Å²) in [4.78, 5) is 15.0. The number of hydrogen-bond acceptors (Lipinski definition) is 3. The number of likely N-dealkylation sites (N-methyl/N-ethyl adjacent to an activating group) is 1. The van der Waals surface area contributed by atoms with Gasteiger partial charge in [0.15, 0.2) is 0 Å². The summed E-state index contributed by atoms with van der Waals surface area (Å²) in [5, 5.41) is 2.99. The summed E-state index contributed by atoms with van der Waals surface area (Å²) in [6.45, 7) is 6.11. The molecule has 0 saturated heterocycles. The molecule has 3 rings (SSSR count). The maximum Gasteiger partial charge on any atom is 0.416 e. The SMILES string of the molecule is CCN(CC)C(CNC(=O)C1CC1c1ccccc1C(F)(F)F)c1cccc(OC)c1. The second kappa shape index (κ2) is 9.73. The second-order valence-corrected chi connectivity index (χ2v) is 7.79. The molecule has 31 heavy (non-hydrogen) atoms. The molecule has 0 spiro atoms. The molecule has 1 N–H and O–H groups in total. The van der Waals surface area contributed by atoms with Crippen molar-refractivity contribution in [2.75, 3.05) is 26.7 Å². The van der Waals surface area contributed by atoms with E-state index in [1.54, 1.807) is 13.2 Å². The largest absolute Gasteiger partial charge is 0.497 e. The second-order valence-electron chi connectivity index (χ2n) is 7.79. The summed E-state index contributed by atoms with van der Waals surface area (Å²) in [5.74, 6) is -0.262. The zero-order valence-electron chi connectivity index (χ0n) is 18.1. The summed E-state index contributed by atoms with van der Waals surface area (Å²) in [5.41, 5.74) is 0.592. The van der Waals surface area contributed by atoms with Gasteiger partial charge in [-0.05, 0) is 54.8 Å². The maximum absolute atomic E-state index is 13.3. The van der Waals surface area contributed by atoms with Crippen LogP contribution in [0.4, 0.5) is 13.2 Å². The molecular weight excluding hydrogens is 405 g/mol. The summed E-state index contributed by atoms with van der Waals surface area (Å²) in [6.07, 6.45) is -3.98. The van der Waals surface area contributed by atoms with Crippen LogP contribution in [0.25, 0.3) is 0 Å². The van der Waals surface area contributed by atoms with Crippen molar-refractivity contribution >= 4 is 5.91 Å². The number of nitrogens with zero attached hydrogens (tertiary/aromatic N) is 1. The van der Waals surface area contributed by atoms with E-state index in [4.69, 9.17) is 4.74 Å². The van der Waals surface area contributed by atoms with Crippen LogP contribution in [0.5, 0.6) is 5.75 Å². The van der Waals surface area contributed by atoms with Gasteiger partial charge >= 0.3 is 6.18 Å². The summed E-state index contributed by atoms with van der Waals surface area (Å²) >= 11 is 0. The average Bonchev–Trinajstić information content (AvgIpc) is 3.57. The molecule has 0 bridgehead atoms. The van der Waals surface area contributed by atoms with E-state index < -0.39 is 17.7 Å². The van der Waals surface area contributed by atoms with Crippen LogP contribution in [-0.4, -0.2) is 37.6 Å². The Morgan fingerprint density at radius 1 is 1.16 bits per heavy atom. The molecule has 3 unspecified atom stereocenters. The molecule has 1 amide bonds. The van der Waals surface area contributed by atoms with Crippen LogP contribution in [-0.2, 0) is 11.0 Å². The molecule has 2 aromatic rings. The van der Waals surface area contributed by atoms with Crippen LogP contribution < -0.4 is 10.1 Å². The molecule has 0 aliphatic heterocycles. The minimum Gasteiger partial charge on any atom is -0.497 e. The number of alkyl halides is 3. The molecular formula is C24H29F3N2O2. The Balaban J connectivity index is 1.70. The lowest BCUT2D eigenvalue weighted by Crippen LogP contribution is -2.38. The van der Waals surface area contributed by atoms with Gasteiger partial charge in [0.1, 0.15) is 5.75 Å². The highest BCUT2D eigenvalue weighted by molar-refractivity contribution is 5.83. The molecule has 168 valence electrons. The lowest BCUT2D eigenvalue weighted by molar-refractivity contribution is -0.138. The van der Waals surface area contributed by atoms with Crippen molar-refractivity contribution in [1.29, 1.82) is 0 Å². The third kappa shape index (κ3) is 5.39. The molecule has 0 heterocycles. The number of carbonyl (C=O) groups is 1. The van der Waals surface area contributed by atoms with Gasteiger partial charge in [0.25, 0.3) is 0 Å². The smallest absolute Gasteiger partial charge is 0.416 e. The molecule has 7 heteroatoms. The monoisotopic (exact) mass is 434 g/mol. The van der Waals surface area contributed by atoms with Crippen LogP contribution in [0.3, 0.4) is 0 Å². The van der Waals surface area contributed by atoms with Crippen LogP contribution in [0.1, 0.15) is 48.9 Å². The zero-order valence-corrected chi connectivity index (χ0v) is 18.1. The van der Waals surface area contributed by atoms with Crippen LogP contribution in [0, 0.1) is 5.92 Å². The van der Waals surface area contributed by atoms with Gasteiger partial charge in [0, 0.05) is 12.5 Å². The molecule has 1 saturated carbocycles. The van der Waals surface area contributed by atoms with Crippen molar-refractivity contribution in [3.8, 4) is 5.75 Å². The Hall–Kier alpha value is -2.54. The third-order valence-corrected chi connectivity index (χ3v) is 5.99. The first kappa shape index (κ1) is 23.1. The average molecular weight is 435 g/mol. The highest BCUT2D eigenvalue weighted by atomic mass is 19.4. The van der Waals surface area contributed by atoms with Crippen LogP contribution in [0.2, 0.25) is 0 Å². The molecule has 1 fully saturated rings. The minimum absolute atomic E-state index is 0.0475. The summed E-state index contributed by atoms with van der Waals surface area (Å²) in [6, 6.07) is 13.2. The van der Waals surface area contributed by atoms with Crippen molar-refractivity contribution in [2.45, 2.75) is 38.4 Å². The molecule has 0 radical (unpaired) electrons. The van der Waals surface area contributed by atoms with Crippen LogP contribution >= 0.6 is 0 Å². The predicted molar refractivity (Wildman–Crippen MR) is 114 cm³/mol. The van der Waals surface area contributed by atoms with Crippen LogP contribution in [0.15, 0.2) is 48.5 Å². The predicted octanol–water partition coefficient (Wildman–Crippen LogP) is 5.02. The van der Waals surface area contributed by atoms with E-state index >= 15 is 0 Å². The van der Waals surface area contributed by atoms with Gasteiger partial charge in [-0.1, -0.05) is 44.2 Å². The maximum atomic E-state index is 13.3. The number of carbonyl (C=O) groups excluding carboxylic acids is 1. The van der Waals surface area contributed by atoms with Crippen molar-refractivity contribution in [2.24, 2.45) is 5.92 Å². The van der Waals surface area contributed by atoms with Gasteiger partial charge in [-0.25, -0.2) is 0 Å². The van der Waals surface area contributed by atoms with E-state index in [-0.39, 0.29) is 23.4 Å². The Kier molecular flexibility index (Phi) is 7.26. The normalized spacial score (nSPS) is 19.2. The summed E-state index contributed by atoms with van der Waals surface area (Å²) < 4.78 is 45.3. The topological polar surface area (TPSA) is 41.6 Å². The zero-order chi connectivity index (χ0) is 22.6. The lowest BCUT2D eigenvalue weighted by atomic mass is 10.0. The van der Waals surface area contributed by atoms with Crippen molar-refractivity contribution in [3.63, 3.8) is 0 Å². The van der Waals surface area contributed by atoms with Gasteiger partial charge in [-0.3, -0.25) is 9.69 Å². The fourth-order valence-electron chi connectivity index (χ4n) is 4.21. The number of hydrogen-bond donors (Lipinski definition) is 1. The first-order valence-electron chi connectivity index (χ1n) is 10.6. The molecule has 0 aromatic heterocycles. The van der Waals surface area contributed by atoms with E-state index in [9.17, 15) is 18.0 Å². The summed E-state index contributed by atoms with van der Waals surface area (Å²) in [7, 11) is 1.61. The van der Waals surface area contributed by atoms with Crippen molar-refractivity contribution < 1.29 is 22.7 Å². The van der Waals surface area contributed by atoms with Gasteiger partial charge in [-0.15, -0.1) is 0 Å². The molecule has 1 aliphatic carbocycles. The number of nitrogens with one attached hydrogen (secondary N) is 1. The number of benzene rings is 2. The Labute approximate surface area is 181 Å². The highest BCUT2D eigenvalue weighted by Gasteiger charge is 2.47. The van der Waals surface area contributed by atoms with E-state index in [2.05, 4.69) is 24.1 Å². The number of methoxy groups -OCH3 is 1. The molecule has 1 aliphatic rings. The number of amides is 1. The van der Waals surface area contributed by atoms with Gasteiger partial charge in [0.2, 0.25) is 5.91 Å². The van der Waals surface area contributed by atoms with E-state index in [0.29, 0.717) is 13.0 Å². The van der Waals surface area contributed by atoms with Gasteiger partial charge < -0.3 is 10.1 Å². The lowest BCUT2D eigenvalue weighted by Gasteiger charge is -2.30. The number of rotatable bonds is 9. The highest BCUT2D eigenvalue weighted by Crippen LogP contribution is 2.51. The van der Waals surface area contributed by atoms with E-state index in [0.717, 1.165) is 30.5 Å². The Morgan fingerprint density at radius 3 is 2.52 bits per heavy atom. The molecule has 4 nitrogen and oxygen atoms in total. The first-order valence-corrected chi connectivity index (χ1v) is 10.6. The fourth-order valence-corrected chi connectivity index (χ4v) is 4.21. The van der Waals surface area contributed by atoms with E-state index in [1.165, 1.54) is 12.1 Å². The van der Waals surface area contributed by atoms with Gasteiger partial charge in [-0.2, -0.15) is 13.2 Å². The number of ether oxygens (including phenoxy) is 1. The number of halogens is 3. The quantitative estimate of drug-likeness (QED) is 0.603. The van der Waals surface area contributed by atoms with E-state index in [1.807, 2.05) is 24.3 Å². The van der Waals surface area contributed by atoms with Crippen molar-refractivity contribution in [1.82, 2.24) is 10.2 Å². The fraction of sp³-hybridized carbons (Fsp3) is 0.458. The van der Waals surface area contributed by atoms with Gasteiger partial charge in [0.05, 0.1) is 18.7 Å². The Morgan fingerprint density at radius 2 is 1.87 bits per heavy atom. The standard InChI is InChI=1S/C24H29F3N2O2/c1-4-29(5-2)22(16-9-8-10-17(13-16)31-3)15-28-23(30)20-14-19(20)18-11-6-7-12-21(18)24(25,26)27/h6-13,19-20,22H,4-5,14-15H2,1-3H3,(H,28,30). The first-order chi connectivity index (χ1) is 14.8. The third-order valence-electron chi connectivity index (χ3n) is 5.99.